The number of fused-ring (bicyclic) bond motifs is 1. The topological polar surface area (TPSA) is 98.9 Å². The predicted molar refractivity (Wildman–Crippen MR) is 112 cm³/mol. The highest BCUT2D eigenvalue weighted by Crippen LogP contribution is 2.21. The molecule has 0 atom stereocenters. The first-order chi connectivity index (χ1) is 13.8. The minimum atomic E-state index is -0.223. The van der Waals surface area contributed by atoms with E-state index in [2.05, 4.69) is 21.9 Å². The molecule has 29 heavy (non-hydrogen) atoms. The second-order valence-corrected chi connectivity index (χ2v) is 7.29. The quantitative estimate of drug-likeness (QED) is 0.599. The van der Waals surface area contributed by atoms with Crippen LogP contribution in [0.25, 0.3) is 10.9 Å². The van der Waals surface area contributed by atoms with E-state index in [0.717, 1.165) is 12.8 Å². The number of unbranched alkanes of at least 4 members (excludes halogenated alkanes) is 1. The van der Waals surface area contributed by atoms with Gasteiger partial charge in [0, 0.05) is 17.8 Å². The number of nitrogens with one attached hydrogen (secondary N) is 2. The van der Waals surface area contributed by atoms with Crippen LogP contribution in [-0.2, 0) is 6.54 Å². The molecule has 152 valence electrons. The Balaban J connectivity index is 1.97. The summed E-state index contributed by atoms with van der Waals surface area (Å²) in [5.74, 6) is 0.157. The van der Waals surface area contributed by atoms with Crippen molar-refractivity contribution >= 4 is 22.6 Å². The SMILES string of the molecule is CCCCN(Cc1nc2ccccc2c(=O)[nH]1)C(=O)c1[nH]c(C)c(C(C)=O)c1C. The first kappa shape index (κ1) is 20.5. The van der Waals surface area contributed by atoms with E-state index < -0.39 is 0 Å². The molecule has 0 aliphatic carbocycles. The van der Waals surface area contributed by atoms with Gasteiger partial charge < -0.3 is 14.9 Å². The maximum Gasteiger partial charge on any atom is 0.270 e. The third kappa shape index (κ3) is 4.13. The number of benzene rings is 1. The number of para-hydroxylation sites is 1. The number of Topliss-reactive ketones (excluding diaryl/α,β-unsaturated/α-hetero) is 1. The van der Waals surface area contributed by atoms with Crippen LogP contribution in [0.1, 0.15) is 64.6 Å². The minimum Gasteiger partial charge on any atom is -0.354 e. The summed E-state index contributed by atoms with van der Waals surface area (Å²) in [6, 6.07) is 7.12. The Kier molecular flexibility index (Phi) is 5.96. The Morgan fingerprint density at radius 2 is 1.86 bits per heavy atom. The van der Waals surface area contributed by atoms with E-state index in [0.29, 0.717) is 45.8 Å². The highest BCUT2D eigenvalue weighted by Gasteiger charge is 2.24. The van der Waals surface area contributed by atoms with E-state index in [9.17, 15) is 14.4 Å². The molecule has 0 saturated carbocycles. The monoisotopic (exact) mass is 394 g/mol. The average molecular weight is 394 g/mol. The van der Waals surface area contributed by atoms with Gasteiger partial charge in [-0.15, -0.1) is 0 Å². The second kappa shape index (κ2) is 8.43. The summed E-state index contributed by atoms with van der Waals surface area (Å²) in [7, 11) is 0. The lowest BCUT2D eigenvalue weighted by Gasteiger charge is -2.22. The highest BCUT2D eigenvalue weighted by molar-refractivity contribution is 6.02. The Morgan fingerprint density at radius 3 is 2.52 bits per heavy atom. The molecule has 3 rings (SSSR count). The van der Waals surface area contributed by atoms with Gasteiger partial charge in [-0.1, -0.05) is 25.5 Å². The fraction of sp³-hybridized carbons (Fsp3) is 0.364. The molecule has 7 heteroatoms. The third-order valence-electron chi connectivity index (χ3n) is 5.07. The molecular weight excluding hydrogens is 368 g/mol. The van der Waals surface area contributed by atoms with Crippen molar-refractivity contribution in [1.82, 2.24) is 19.9 Å². The zero-order valence-electron chi connectivity index (χ0n) is 17.3. The number of H-pyrrole nitrogens is 2. The molecule has 1 amide bonds. The summed E-state index contributed by atoms with van der Waals surface area (Å²) in [5, 5.41) is 0.518. The molecule has 0 fully saturated rings. The third-order valence-corrected chi connectivity index (χ3v) is 5.07. The molecule has 0 spiro atoms. The van der Waals surface area contributed by atoms with E-state index in [1.54, 1.807) is 36.9 Å². The van der Waals surface area contributed by atoms with Crippen molar-refractivity contribution in [3.05, 3.63) is 63.0 Å². The Hall–Kier alpha value is -3.22. The van der Waals surface area contributed by atoms with E-state index in [1.165, 1.54) is 6.92 Å². The first-order valence-corrected chi connectivity index (χ1v) is 9.80. The van der Waals surface area contributed by atoms with Crippen molar-refractivity contribution in [2.24, 2.45) is 0 Å². The van der Waals surface area contributed by atoms with Crippen molar-refractivity contribution in [1.29, 1.82) is 0 Å². The summed E-state index contributed by atoms with van der Waals surface area (Å²) in [6.07, 6.45) is 1.74. The van der Waals surface area contributed by atoms with Crippen LogP contribution in [0.5, 0.6) is 0 Å². The Labute approximate surface area is 169 Å². The summed E-state index contributed by atoms with van der Waals surface area (Å²) in [5.41, 5.74) is 2.68. The molecule has 1 aromatic carbocycles. The van der Waals surface area contributed by atoms with Crippen LogP contribution in [-0.4, -0.2) is 38.1 Å². The molecule has 7 nitrogen and oxygen atoms in total. The van der Waals surface area contributed by atoms with Crippen LogP contribution in [0, 0.1) is 13.8 Å². The normalized spacial score (nSPS) is 11.0. The molecule has 2 N–H and O–H groups in total. The zero-order valence-corrected chi connectivity index (χ0v) is 17.3. The summed E-state index contributed by atoms with van der Waals surface area (Å²) >= 11 is 0. The van der Waals surface area contributed by atoms with Crippen molar-refractivity contribution in [2.45, 2.75) is 47.1 Å². The van der Waals surface area contributed by atoms with Crippen LogP contribution in [0.2, 0.25) is 0 Å². The molecule has 0 aliphatic rings. The molecule has 3 aromatic rings. The highest BCUT2D eigenvalue weighted by atomic mass is 16.2. The Morgan fingerprint density at radius 1 is 1.14 bits per heavy atom. The number of aryl methyl sites for hydroxylation is 1. The number of ketones is 1. The van der Waals surface area contributed by atoms with Crippen LogP contribution in [0.4, 0.5) is 0 Å². The molecule has 2 heterocycles. The van der Waals surface area contributed by atoms with Gasteiger partial charge in [0.15, 0.2) is 5.78 Å². The van der Waals surface area contributed by atoms with Crippen LogP contribution >= 0.6 is 0 Å². The van der Waals surface area contributed by atoms with Crippen molar-refractivity contribution in [3.63, 3.8) is 0 Å². The number of nitrogens with zero attached hydrogens (tertiary/aromatic N) is 2. The lowest BCUT2D eigenvalue weighted by Crippen LogP contribution is -2.33. The van der Waals surface area contributed by atoms with Crippen molar-refractivity contribution in [3.8, 4) is 0 Å². The van der Waals surface area contributed by atoms with E-state index >= 15 is 0 Å². The van der Waals surface area contributed by atoms with Crippen molar-refractivity contribution in [2.75, 3.05) is 6.54 Å². The number of amides is 1. The summed E-state index contributed by atoms with van der Waals surface area (Å²) in [6.45, 7) is 7.83. The van der Waals surface area contributed by atoms with Gasteiger partial charge in [-0.3, -0.25) is 14.4 Å². The molecule has 0 saturated heterocycles. The lowest BCUT2D eigenvalue weighted by atomic mass is 10.1. The maximum absolute atomic E-state index is 13.3. The summed E-state index contributed by atoms with van der Waals surface area (Å²) in [4.78, 5) is 49.6. The molecule has 0 radical (unpaired) electrons. The fourth-order valence-electron chi connectivity index (χ4n) is 3.64. The van der Waals surface area contributed by atoms with E-state index in [-0.39, 0.29) is 23.8 Å². The molecule has 0 aliphatic heterocycles. The standard InChI is InChI=1S/C22H26N4O3/c1-5-6-11-26(22(29)20-13(2)19(15(4)27)14(3)23-20)12-18-24-17-10-8-7-9-16(17)21(28)25-18/h7-10,23H,5-6,11-12H2,1-4H3,(H,24,25,28). The number of carbonyl (C=O) groups is 2. The van der Waals surface area contributed by atoms with E-state index in [4.69, 9.17) is 0 Å². The first-order valence-electron chi connectivity index (χ1n) is 9.80. The number of aromatic nitrogens is 3. The van der Waals surface area contributed by atoms with Gasteiger partial charge in [0.1, 0.15) is 11.5 Å². The number of hydrogen-bond acceptors (Lipinski definition) is 4. The second-order valence-electron chi connectivity index (χ2n) is 7.29. The average Bonchev–Trinajstić information content (AvgIpc) is 2.98. The predicted octanol–water partition coefficient (Wildman–Crippen LogP) is 3.51. The summed E-state index contributed by atoms with van der Waals surface area (Å²) < 4.78 is 0. The smallest absolute Gasteiger partial charge is 0.270 e. The molecular formula is C22H26N4O3. The van der Waals surface area contributed by atoms with E-state index in [1.807, 2.05) is 6.07 Å². The van der Waals surface area contributed by atoms with Gasteiger partial charge >= 0.3 is 0 Å². The van der Waals surface area contributed by atoms with Crippen LogP contribution in [0.3, 0.4) is 0 Å². The molecule has 2 aromatic heterocycles. The fourth-order valence-corrected chi connectivity index (χ4v) is 3.64. The van der Waals surface area contributed by atoms with Crippen LogP contribution in [0.15, 0.2) is 29.1 Å². The van der Waals surface area contributed by atoms with Gasteiger partial charge in [0.05, 0.1) is 17.4 Å². The van der Waals surface area contributed by atoms with Crippen molar-refractivity contribution < 1.29 is 9.59 Å². The Bertz CT molecular complexity index is 1130. The zero-order chi connectivity index (χ0) is 21.1. The van der Waals surface area contributed by atoms with Gasteiger partial charge in [0.25, 0.3) is 11.5 Å². The number of carbonyl (C=O) groups excluding carboxylic acids is 2. The van der Waals surface area contributed by atoms with Gasteiger partial charge in [-0.25, -0.2) is 4.98 Å². The van der Waals surface area contributed by atoms with Gasteiger partial charge in [-0.2, -0.15) is 0 Å². The number of rotatable bonds is 7. The van der Waals surface area contributed by atoms with Gasteiger partial charge in [0.2, 0.25) is 0 Å². The minimum absolute atomic E-state index is 0.0732. The largest absolute Gasteiger partial charge is 0.354 e. The number of aromatic amines is 2. The molecule has 0 bridgehead atoms. The van der Waals surface area contributed by atoms with Crippen LogP contribution < -0.4 is 5.56 Å². The molecule has 0 unspecified atom stereocenters. The maximum atomic E-state index is 13.3. The van der Waals surface area contributed by atoms with Gasteiger partial charge in [-0.05, 0) is 44.9 Å². The lowest BCUT2D eigenvalue weighted by molar-refractivity contribution is 0.0730. The number of hydrogen-bond donors (Lipinski definition) is 2.